The van der Waals surface area contributed by atoms with E-state index in [4.69, 9.17) is 4.74 Å². The van der Waals surface area contributed by atoms with Crippen LogP contribution in [0, 0.1) is 23.2 Å². The molecule has 162 valence electrons. The fourth-order valence-corrected chi connectivity index (χ4v) is 5.58. The molecule has 0 bridgehead atoms. The van der Waals surface area contributed by atoms with Crippen molar-refractivity contribution in [1.82, 2.24) is 4.90 Å². The lowest BCUT2D eigenvalue weighted by Crippen LogP contribution is -2.37. The minimum Gasteiger partial charge on any atom is -0.502 e. The summed E-state index contributed by atoms with van der Waals surface area (Å²) in [5.74, 6) is 2.12. The summed E-state index contributed by atoms with van der Waals surface area (Å²) < 4.78 is 5.95. The normalized spacial score (nSPS) is 27.8. The van der Waals surface area contributed by atoms with E-state index >= 15 is 0 Å². The third-order valence-corrected chi connectivity index (χ3v) is 7.44. The Morgan fingerprint density at radius 3 is 2.71 bits per heavy atom. The lowest BCUT2D eigenvalue weighted by atomic mass is 9.84. The molecule has 31 heavy (non-hydrogen) atoms. The molecule has 2 N–H and O–H groups in total. The highest BCUT2D eigenvalue weighted by atomic mass is 16.5. The van der Waals surface area contributed by atoms with Crippen LogP contribution in [0.3, 0.4) is 0 Å². The molecule has 1 aliphatic carbocycles. The molecular formula is C24H27N3O4. The van der Waals surface area contributed by atoms with Crippen LogP contribution in [0.2, 0.25) is 0 Å². The first kappa shape index (κ1) is 20.1. The number of nitriles is 1. The molecule has 0 spiro atoms. The number of likely N-dealkylation sites (tertiary alicyclic amines) is 1. The molecule has 0 amide bonds. The fraction of sp³-hybridized carbons (Fsp3) is 0.542. The smallest absolute Gasteiger partial charge is 0.271 e. The van der Waals surface area contributed by atoms with E-state index in [1.165, 1.54) is 5.56 Å². The van der Waals surface area contributed by atoms with Gasteiger partial charge in [-0.05, 0) is 62.8 Å². The van der Waals surface area contributed by atoms with E-state index < -0.39 is 16.6 Å². The first-order valence-electron chi connectivity index (χ1n) is 11.2. The summed E-state index contributed by atoms with van der Waals surface area (Å²) in [5.41, 5.74) is 0.617. The molecule has 2 fully saturated rings. The third kappa shape index (κ3) is 3.70. The molecule has 2 heterocycles. The van der Waals surface area contributed by atoms with E-state index in [2.05, 4.69) is 16.3 Å². The molecule has 0 unspecified atom stereocenters. The molecule has 0 aromatic heterocycles. The number of nitrogens with one attached hydrogen (secondary N) is 1. The average molecular weight is 421 g/mol. The molecular weight excluding hydrogens is 394 g/mol. The van der Waals surface area contributed by atoms with E-state index in [0.29, 0.717) is 23.3 Å². The van der Waals surface area contributed by atoms with Gasteiger partial charge in [0.15, 0.2) is 5.75 Å². The predicted molar refractivity (Wildman–Crippen MR) is 116 cm³/mol. The van der Waals surface area contributed by atoms with Gasteiger partial charge >= 0.3 is 0 Å². The quantitative estimate of drug-likeness (QED) is 0.714. The second kappa shape index (κ2) is 8.01. The van der Waals surface area contributed by atoms with Gasteiger partial charge in [0, 0.05) is 36.5 Å². The summed E-state index contributed by atoms with van der Waals surface area (Å²) in [5, 5.41) is 21.8. The summed E-state index contributed by atoms with van der Waals surface area (Å²) in [4.78, 5) is 25.2. The van der Waals surface area contributed by atoms with Gasteiger partial charge in [-0.25, -0.2) is 0 Å². The van der Waals surface area contributed by atoms with Crippen LogP contribution in [0.4, 0.5) is 5.69 Å². The van der Waals surface area contributed by atoms with Gasteiger partial charge < -0.3 is 20.1 Å². The fourth-order valence-electron chi connectivity index (χ4n) is 5.58. The first-order valence-corrected chi connectivity index (χ1v) is 11.2. The van der Waals surface area contributed by atoms with E-state index in [-0.39, 0.29) is 11.7 Å². The van der Waals surface area contributed by atoms with Gasteiger partial charge in [-0.1, -0.05) is 0 Å². The SMILES string of the molecule is N#Cc1ccc2c(c1)[C@@H]1CN(CCC3CCC(Nc4c(O)c(=O)c4=O)CC3)C[C@H]1CO2. The summed E-state index contributed by atoms with van der Waals surface area (Å²) in [6, 6.07) is 8.15. The van der Waals surface area contributed by atoms with E-state index in [0.717, 1.165) is 64.1 Å². The van der Waals surface area contributed by atoms with Gasteiger partial charge in [-0.15, -0.1) is 0 Å². The zero-order valence-corrected chi connectivity index (χ0v) is 17.5. The predicted octanol–water partition coefficient (Wildman–Crippen LogP) is 2.33. The summed E-state index contributed by atoms with van der Waals surface area (Å²) in [6.45, 7) is 3.89. The van der Waals surface area contributed by atoms with Crippen molar-refractivity contribution in [2.24, 2.45) is 11.8 Å². The Morgan fingerprint density at radius 1 is 1.16 bits per heavy atom. The van der Waals surface area contributed by atoms with Crippen molar-refractivity contribution >= 4 is 5.69 Å². The number of benzene rings is 1. The number of nitrogens with zero attached hydrogens (tertiary/aromatic N) is 2. The molecule has 1 saturated heterocycles. The van der Waals surface area contributed by atoms with Crippen molar-refractivity contribution in [3.8, 4) is 17.6 Å². The monoisotopic (exact) mass is 421 g/mol. The summed E-state index contributed by atoms with van der Waals surface area (Å²) in [7, 11) is 0. The number of hydrogen-bond acceptors (Lipinski definition) is 7. The molecule has 7 heteroatoms. The van der Waals surface area contributed by atoms with Gasteiger partial charge in [0.1, 0.15) is 11.4 Å². The topological polar surface area (TPSA) is 103 Å². The van der Waals surface area contributed by atoms with E-state index in [1.54, 1.807) is 0 Å². The van der Waals surface area contributed by atoms with Crippen molar-refractivity contribution < 1.29 is 9.84 Å². The van der Waals surface area contributed by atoms with Gasteiger partial charge in [0.05, 0.1) is 18.2 Å². The Kier molecular flexibility index (Phi) is 5.19. The Labute approximate surface area is 180 Å². The van der Waals surface area contributed by atoms with Gasteiger partial charge in [-0.2, -0.15) is 5.26 Å². The zero-order chi connectivity index (χ0) is 21.5. The van der Waals surface area contributed by atoms with Crippen molar-refractivity contribution in [2.45, 2.75) is 44.1 Å². The summed E-state index contributed by atoms with van der Waals surface area (Å²) in [6.07, 6.45) is 5.24. The maximum Gasteiger partial charge on any atom is 0.271 e. The minimum absolute atomic E-state index is 0.107. The molecule has 2 aliphatic heterocycles. The van der Waals surface area contributed by atoms with Crippen LogP contribution in [0.15, 0.2) is 27.8 Å². The van der Waals surface area contributed by atoms with Gasteiger partial charge in [0.25, 0.3) is 10.9 Å². The molecule has 2 aromatic carbocycles. The van der Waals surface area contributed by atoms with Crippen LogP contribution in [0.25, 0.3) is 0 Å². The van der Waals surface area contributed by atoms with Crippen molar-refractivity contribution in [1.29, 1.82) is 5.26 Å². The second-order valence-corrected chi connectivity index (χ2v) is 9.33. The number of rotatable bonds is 5. The number of anilines is 1. The number of fused-ring (bicyclic) bond motifs is 3. The number of aromatic hydroxyl groups is 1. The molecule has 5 rings (SSSR count). The minimum atomic E-state index is -0.778. The Balaban J connectivity index is 1.11. The Hall–Kier alpha value is -2.85. The molecule has 7 nitrogen and oxygen atoms in total. The van der Waals surface area contributed by atoms with Crippen molar-refractivity contribution in [2.75, 3.05) is 31.6 Å². The lowest BCUT2D eigenvalue weighted by Gasteiger charge is -2.31. The largest absolute Gasteiger partial charge is 0.502 e. The van der Waals surface area contributed by atoms with Gasteiger partial charge in [-0.3, -0.25) is 9.59 Å². The first-order chi connectivity index (χ1) is 15.0. The van der Waals surface area contributed by atoms with Crippen LogP contribution >= 0.6 is 0 Å². The summed E-state index contributed by atoms with van der Waals surface area (Å²) >= 11 is 0. The van der Waals surface area contributed by atoms with Crippen molar-refractivity contribution in [3.63, 3.8) is 0 Å². The van der Waals surface area contributed by atoms with Crippen LogP contribution < -0.4 is 20.9 Å². The highest BCUT2D eigenvalue weighted by Crippen LogP contribution is 2.42. The highest BCUT2D eigenvalue weighted by Gasteiger charge is 2.39. The molecule has 2 aromatic rings. The van der Waals surface area contributed by atoms with Crippen LogP contribution in [-0.2, 0) is 0 Å². The second-order valence-electron chi connectivity index (χ2n) is 9.33. The maximum absolute atomic E-state index is 11.5. The van der Waals surface area contributed by atoms with Crippen LogP contribution in [0.5, 0.6) is 11.5 Å². The zero-order valence-electron chi connectivity index (χ0n) is 17.5. The Morgan fingerprint density at radius 2 is 1.97 bits per heavy atom. The number of ether oxygens (including phenoxy) is 1. The van der Waals surface area contributed by atoms with Gasteiger partial charge in [0.2, 0.25) is 0 Å². The molecule has 1 saturated carbocycles. The maximum atomic E-state index is 11.5. The van der Waals surface area contributed by atoms with Crippen LogP contribution in [0.1, 0.15) is 49.1 Å². The van der Waals surface area contributed by atoms with Crippen molar-refractivity contribution in [3.05, 3.63) is 49.8 Å². The third-order valence-electron chi connectivity index (χ3n) is 7.44. The standard InChI is InChI=1S/C24H27N3O4/c25-10-15-3-6-20-18(9-15)19-12-27(11-16(19)13-31-20)8-7-14-1-4-17(5-2-14)26-21-22(28)24(30)23(21)29/h3,6,9,14,16-17,19,26,28H,1-2,4-5,7-8,11-13H2/t14?,16-,17?,19+/m0/s1. The average Bonchev–Trinajstić information content (AvgIpc) is 3.24. The molecule has 0 radical (unpaired) electrons. The van der Waals surface area contributed by atoms with Crippen LogP contribution in [-0.4, -0.2) is 42.3 Å². The molecule has 2 atom stereocenters. The van der Waals surface area contributed by atoms with E-state index in [1.807, 2.05) is 18.2 Å². The lowest BCUT2D eigenvalue weighted by molar-refractivity contribution is 0.209. The molecule has 3 aliphatic rings. The highest BCUT2D eigenvalue weighted by molar-refractivity contribution is 5.61. The Bertz CT molecular complexity index is 1090. The number of hydrogen-bond donors (Lipinski definition) is 2. The van der Waals surface area contributed by atoms with E-state index in [9.17, 15) is 20.0 Å².